The van der Waals surface area contributed by atoms with Gasteiger partial charge in [0.15, 0.2) is 5.75 Å². The average molecular weight is 762 g/mol. The quantitative estimate of drug-likeness (QED) is 0.114. The molecule has 4 rings (SSSR count). The minimum atomic E-state index is -5.12. The second-order valence-corrected chi connectivity index (χ2v) is 11.3. The normalized spacial score (nSPS) is 16.2. The zero-order valence-corrected chi connectivity index (χ0v) is 30.6. The van der Waals surface area contributed by atoms with Crippen LogP contribution in [-0.2, 0) is 34.5 Å². The first kappa shape index (κ1) is 42.3. The number of alkyl halides is 9. The third-order valence-corrected chi connectivity index (χ3v) is 7.74. The van der Waals surface area contributed by atoms with E-state index in [-0.39, 0.29) is 119 Å². The van der Waals surface area contributed by atoms with Crippen LogP contribution in [-0.4, -0.2) is 97.8 Å². The van der Waals surface area contributed by atoms with Gasteiger partial charge in [-0.3, -0.25) is 9.69 Å². The first-order chi connectivity index (χ1) is 23.3. The third kappa shape index (κ3) is 10.9. The second kappa shape index (κ2) is 17.1. The molecule has 2 heterocycles. The Balaban J connectivity index is 0.00000702. The summed E-state index contributed by atoms with van der Waals surface area (Å²) in [6.45, 7) is 3.10. The summed E-state index contributed by atoms with van der Waals surface area (Å²) in [6.07, 6.45) is -15.3. The van der Waals surface area contributed by atoms with Crippen molar-refractivity contribution in [2.45, 2.75) is 76.6 Å². The Morgan fingerprint density at radius 1 is 0.941 bits per heavy atom. The third-order valence-electron chi connectivity index (χ3n) is 7.74. The summed E-state index contributed by atoms with van der Waals surface area (Å²) in [5.41, 5.74) is -4.62. The van der Waals surface area contributed by atoms with Crippen molar-refractivity contribution in [3.05, 3.63) is 76.1 Å². The van der Waals surface area contributed by atoms with Crippen LogP contribution in [0.3, 0.4) is 0 Å². The van der Waals surface area contributed by atoms with Crippen LogP contribution in [0.2, 0.25) is 0 Å². The molecule has 51 heavy (non-hydrogen) atoms. The topological polar surface area (TPSA) is 114 Å². The number of aromatic nitrogens is 2. The maximum absolute atomic E-state index is 13.8. The van der Waals surface area contributed by atoms with Gasteiger partial charge in [0.25, 0.3) is 0 Å². The van der Waals surface area contributed by atoms with Crippen LogP contribution in [0.15, 0.2) is 42.6 Å². The number of amides is 1. The number of nitrogens with zero attached hydrogens (tertiary/aromatic N) is 3. The Morgan fingerprint density at radius 2 is 1.57 bits per heavy atom. The Kier molecular flexibility index (Phi) is 14.2. The van der Waals surface area contributed by atoms with Crippen molar-refractivity contribution in [2.75, 3.05) is 23.4 Å². The van der Waals surface area contributed by atoms with Crippen LogP contribution in [0.5, 0.6) is 5.75 Å². The van der Waals surface area contributed by atoms with E-state index < -0.39 is 71.3 Å². The van der Waals surface area contributed by atoms with Gasteiger partial charge in [0, 0.05) is 70.3 Å². The van der Waals surface area contributed by atoms with E-state index in [0.29, 0.717) is 18.6 Å². The molecular weight excluding hydrogens is 730 g/mol. The summed E-state index contributed by atoms with van der Waals surface area (Å²) < 4.78 is 133. The van der Waals surface area contributed by atoms with Crippen molar-refractivity contribution in [1.82, 2.24) is 9.97 Å². The summed E-state index contributed by atoms with van der Waals surface area (Å²) in [6, 6.07) is 2.29. The van der Waals surface area contributed by atoms with Crippen molar-refractivity contribution in [3.8, 4) is 5.75 Å². The predicted octanol–water partition coefficient (Wildman–Crippen LogP) is 8.29. The summed E-state index contributed by atoms with van der Waals surface area (Å²) in [7, 11) is 0. The van der Waals surface area contributed by atoms with Crippen molar-refractivity contribution in [2.24, 2.45) is 0 Å². The number of halogens is 9. The molecule has 2 atom stereocenters. The second-order valence-electron chi connectivity index (χ2n) is 11.3. The molecule has 1 radical (unpaired) electrons. The number of rotatable bonds is 11. The van der Waals surface area contributed by atoms with Crippen molar-refractivity contribution in [3.63, 3.8) is 0 Å². The van der Waals surface area contributed by atoms with Crippen LogP contribution in [0.4, 0.5) is 55.9 Å². The first-order valence-electron chi connectivity index (χ1n) is 15.2. The van der Waals surface area contributed by atoms with Gasteiger partial charge in [0.05, 0.1) is 53.5 Å². The fourth-order valence-electron chi connectivity index (χ4n) is 5.46. The molecule has 19 heteroatoms. The molecule has 0 saturated heterocycles. The van der Waals surface area contributed by atoms with Gasteiger partial charge in [-0.15, -0.1) is 0 Å². The van der Waals surface area contributed by atoms with Crippen molar-refractivity contribution < 1.29 is 63.7 Å². The van der Waals surface area contributed by atoms with Gasteiger partial charge in [-0.1, -0.05) is 6.92 Å². The zero-order chi connectivity index (χ0) is 37.0. The van der Waals surface area contributed by atoms with E-state index in [0.717, 1.165) is 24.4 Å². The molecule has 0 saturated carbocycles. The van der Waals surface area contributed by atoms with E-state index in [1.54, 1.807) is 13.8 Å². The van der Waals surface area contributed by atoms with E-state index in [2.05, 4.69) is 15.3 Å². The minimum Gasteiger partial charge on any atom is -0.490 e. The zero-order valence-electron chi connectivity index (χ0n) is 27.5. The van der Waals surface area contributed by atoms with Crippen molar-refractivity contribution in [1.29, 1.82) is 0 Å². The number of anilines is 2. The van der Waals surface area contributed by atoms with E-state index in [4.69, 9.17) is 14.6 Å². The standard InChI is InChI=1S/C32H31F9N4O5.K/c1-3-21-15-23(22-14-18(30(33,34)35)7-8-25(22)45(21)29(48)49-4-2)43-28-42-16-26(50-9-5-6-27(46)47)24(44-28)12-17-10-19(31(36,37)38)13-20(11-17)32(39,40)41;/h7-8,10-11,13-14,16,21,23H,3-6,9,12,15H2,1-2H3,(H,46,47)(H,42,43,44);/t21-,23+;/m1./s1. The largest absolute Gasteiger partial charge is 0.490 e. The summed E-state index contributed by atoms with van der Waals surface area (Å²) in [5.74, 6) is -1.56. The summed E-state index contributed by atoms with van der Waals surface area (Å²) >= 11 is 0. The Labute approximate surface area is 328 Å². The van der Waals surface area contributed by atoms with E-state index in [1.807, 2.05) is 0 Å². The first-order valence-corrected chi connectivity index (χ1v) is 15.2. The van der Waals surface area contributed by atoms with Gasteiger partial charge in [0.2, 0.25) is 5.95 Å². The smallest absolute Gasteiger partial charge is 0.416 e. The molecule has 0 bridgehead atoms. The number of hydrogen-bond donors (Lipinski definition) is 2. The van der Waals surface area contributed by atoms with Crippen LogP contribution in [0.25, 0.3) is 0 Å². The van der Waals surface area contributed by atoms with Crippen LogP contribution >= 0.6 is 0 Å². The molecule has 1 aromatic heterocycles. The number of carboxylic acids is 1. The number of nitrogens with one attached hydrogen (secondary N) is 1. The van der Waals surface area contributed by atoms with E-state index in [1.165, 1.54) is 4.90 Å². The number of fused-ring (bicyclic) bond motifs is 1. The molecule has 9 nitrogen and oxygen atoms in total. The number of ether oxygens (including phenoxy) is 2. The van der Waals surface area contributed by atoms with Gasteiger partial charge in [-0.2, -0.15) is 39.5 Å². The van der Waals surface area contributed by atoms with Crippen LogP contribution < -0.4 is 15.0 Å². The maximum atomic E-state index is 13.8. The minimum absolute atomic E-state index is 0. The fraction of sp³-hybridized carbons (Fsp3) is 0.438. The molecule has 0 aliphatic carbocycles. The summed E-state index contributed by atoms with van der Waals surface area (Å²) in [4.78, 5) is 33.5. The molecule has 0 unspecified atom stereocenters. The molecule has 1 aliphatic heterocycles. The van der Waals surface area contributed by atoms with E-state index >= 15 is 0 Å². The number of hydrogen-bond acceptors (Lipinski definition) is 7. The maximum Gasteiger partial charge on any atom is 0.416 e. The molecule has 2 N–H and O–H groups in total. The van der Waals surface area contributed by atoms with E-state index in [9.17, 15) is 49.1 Å². The average Bonchev–Trinajstić information content (AvgIpc) is 3.02. The predicted molar refractivity (Wildman–Crippen MR) is 165 cm³/mol. The monoisotopic (exact) mass is 761 g/mol. The van der Waals surface area contributed by atoms with Gasteiger partial charge in [0.1, 0.15) is 0 Å². The fourth-order valence-corrected chi connectivity index (χ4v) is 5.46. The number of carbonyl (C=O) groups is 2. The molecule has 273 valence electrons. The molecule has 2 aromatic carbocycles. The molecule has 3 aromatic rings. The number of aliphatic carboxylic acids is 1. The van der Waals surface area contributed by atoms with Crippen LogP contribution in [0.1, 0.15) is 79.1 Å². The van der Waals surface area contributed by atoms with Gasteiger partial charge >= 0.3 is 30.6 Å². The Bertz CT molecular complexity index is 1670. The SMILES string of the molecule is CCOC(=O)N1c2ccc(C(F)(F)F)cc2[C@@H](Nc2ncc(OCCCC(=O)O)c(Cc3cc(C(F)(F)F)cc(C(F)(F)F)c3)n2)C[C@H]1CC.[K]. The molecular formula is C32H31F9KN4O5. The molecule has 0 spiro atoms. The van der Waals surface area contributed by atoms with Crippen LogP contribution in [0, 0.1) is 0 Å². The summed E-state index contributed by atoms with van der Waals surface area (Å²) in [5, 5.41) is 11.8. The van der Waals surface area contributed by atoms with Gasteiger partial charge in [-0.05, 0) is 73.7 Å². The Morgan fingerprint density at radius 3 is 2.12 bits per heavy atom. The van der Waals surface area contributed by atoms with Crippen molar-refractivity contribution >= 4 is 75.1 Å². The molecule has 1 aliphatic rings. The number of benzene rings is 2. The Hall–Kier alpha value is -3.13. The number of carboxylic acid groups (broad SMARTS) is 1. The van der Waals surface area contributed by atoms with Gasteiger partial charge < -0.3 is 19.9 Å². The van der Waals surface area contributed by atoms with Gasteiger partial charge in [-0.25, -0.2) is 14.8 Å². The molecule has 1 amide bonds. The number of carbonyl (C=O) groups excluding carboxylic acids is 1. The molecule has 0 fully saturated rings.